The minimum atomic E-state index is -0.719. The number of hydrogen-bond donors (Lipinski definition) is 1. The van der Waals surface area contributed by atoms with E-state index in [-0.39, 0.29) is 40.7 Å². The molecule has 2 heterocycles. The Morgan fingerprint density at radius 3 is 2.56 bits per heavy atom. The number of benzene rings is 3. The molecule has 3 aromatic carbocycles. The Bertz CT molecular complexity index is 1480. The second-order valence-corrected chi connectivity index (χ2v) is 8.73. The number of rotatable bonds is 5. The average molecular weight is 476 g/mol. The van der Waals surface area contributed by atoms with Crippen LogP contribution in [0.1, 0.15) is 45.8 Å². The smallest absolute Gasteiger partial charge is 0.291 e. The summed E-state index contributed by atoms with van der Waals surface area (Å²) < 4.78 is 11.5. The number of amides is 1. The highest BCUT2D eigenvalue weighted by molar-refractivity contribution is 6.31. The molecule has 5 rings (SSSR count). The van der Waals surface area contributed by atoms with Crippen LogP contribution >= 0.6 is 11.6 Å². The Balaban J connectivity index is 1.72. The first-order valence-corrected chi connectivity index (χ1v) is 11.3. The molecule has 1 N–H and O–H groups in total. The Labute approximate surface area is 201 Å². The van der Waals surface area contributed by atoms with Crippen LogP contribution < -0.4 is 10.2 Å². The molecule has 0 radical (unpaired) electrons. The number of ether oxygens (including phenoxy) is 1. The summed E-state index contributed by atoms with van der Waals surface area (Å²) in [4.78, 5) is 28.8. The van der Waals surface area contributed by atoms with Gasteiger partial charge in [-0.3, -0.25) is 9.59 Å². The molecule has 0 unspecified atom stereocenters. The van der Waals surface area contributed by atoms with Gasteiger partial charge in [0.15, 0.2) is 16.9 Å². The lowest BCUT2D eigenvalue weighted by molar-refractivity contribution is 0.0714. The maximum absolute atomic E-state index is 13.6. The normalized spacial score (nSPS) is 15.1. The summed E-state index contributed by atoms with van der Waals surface area (Å²) in [5, 5.41) is 10.9. The number of phenolic OH excluding ortho intramolecular Hbond substituents is 1. The molecule has 0 spiro atoms. The van der Waals surface area contributed by atoms with Crippen molar-refractivity contribution in [3.8, 4) is 11.5 Å². The maximum Gasteiger partial charge on any atom is 0.291 e. The molecule has 6 nitrogen and oxygen atoms in total. The molecule has 0 saturated heterocycles. The van der Waals surface area contributed by atoms with Gasteiger partial charge >= 0.3 is 0 Å². The number of fused-ring (bicyclic) bond motifs is 2. The van der Waals surface area contributed by atoms with Gasteiger partial charge in [-0.1, -0.05) is 47.5 Å². The summed E-state index contributed by atoms with van der Waals surface area (Å²) in [5.74, 6) is -0.0921. The molecule has 4 aromatic rings. The third-order valence-electron chi connectivity index (χ3n) is 6.00. The molecule has 0 bridgehead atoms. The number of nitrogens with zero attached hydrogens (tertiary/aromatic N) is 1. The van der Waals surface area contributed by atoms with Gasteiger partial charge in [-0.05, 0) is 55.3 Å². The number of carbonyl (C=O) groups excluding carboxylic acids is 1. The first kappa shape index (κ1) is 22.0. The number of halogens is 1. The molecule has 0 fully saturated rings. The van der Waals surface area contributed by atoms with Gasteiger partial charge in [-0.15, -0.1) is 0 Å². The predicted octanol–water partition coefficient (Wildman–Crippen LogP) is 5.60. The molecule has 0 saturated carbocycles. The van der Waals surface area contributed by atoms with E-state index in [4.69, 9.17) is 20.8 Å². The number of aryl methyl sites for hydroxylation is 1. The lowest BCUT2D eigenvalue weighted by Crippen LogP contribution is -2.29. The zero-order chi connectivity index (χ0) is 24.0. The lowest BCUT2D eigenvalue weighted by Gasteiger charge is -2.26. The second-order valence-electron chi connectivity index (χ2n) is 8.30. The molecule has 1 aromatic heterocycles. The van der Waals surface area contributed by atoms with Crippen molar-refractivity contribution in [3.63, 3.8) is 0 Å². The summed E-state index contributed by atoms with van der Waals surface area (Å²) in [6.45, 7) is 4.44. The van der Waals surface area contributed by atoms with Crippen molar-refractivity contribution in [2.24, 2.45) is 0 Å². The first-order valence-electron chi connectivity index (χ1n) is 11.0. The van der Waals surface area contributed by atoms with Gasteiger partial charge < -0.3 is 19.2 Å². The molecule has 1 aliphatic rings. The van der Waals surface area contributed by atoms with E-state index in [1.165, 1.54) is 6.07 Å². The molecular formula is C27H22ClNO5. The Hall–Kier alpha value is -3.77. The Morgan fingerprint density at radius 1 is 1.06 bits per heavy atom. The highest BCUT2D eigenvalue weighted by atomic mass is 35.5. The third kappa shape index (κ3) is 3.70. The van der Waals surface area contributed by atoms with Crippen molar-refractivity contribution in [1.82, 2.24) is 4.90 Å². The number of hydrogen-bond acceptors (Lipinski definition) is 5. The standard InChI is InChI=1S/C27H22ClNO5/c1-3-33-22-12-17(8-10-20(22)30)24-23-25(31)19-13-18(28)9-11-21(19)34-26(23)27(32)29(24)14-16-6-4-15(2)5-7-16/h4-13,24,30H,3,14H2,1-2H3/t24-/m0/s1. The van der Waals surface area contributed by atoms with Crippen molar-refractivity contribution in [3.05, 3.63) is 104 Å². The summed E-state index contributed by atoms with van der Waals surface area (Å²) in [6.07, 6.45) is 0. The zero-order valence-electron chi connectivity index (χ0n) is 18.7. The lowest BCUT2D eigenvalue weighted by atomic mass is 9.97. The van der Waals surface area contributed by atoms with Gasteiger partial charge in [0.1, 0.15) is 5.58 Å². The van der Waals surface area contributed by atoms with Crippen LogP contribution in [0, 0.1) is 6.92 Å². The summed E-state index contributed by atoms with van der Waals surface area (Å²) >= 11 is 6.14. The van der Waals surface area contributed by atoms with Crippen LogP contribution in [0.5, 0.6) is 11.5 Å². The van der Waals surface area contributed by atoms with E-state index in [2.05, 4.69) is 0 Å². The molecular weight excluding hydrogens is 454 g/mol. The van der Waals surface area contributed by atoms with Crippen molar-refractivity contribution >= 4 is 28.5 Å². The fraction of sp³-hybridized carbons (Fsp3) is 0.185. The summed E-state index contributed by atoms with van der Waals surface area (Å²) in [5.41, 5.74) is 2.90. The maximum atomic E-state index is 13.6. The van der Waals surface area contributed by atoms with Gasteiger partial charge in [-0.2, -0.15) is 0 Å². The molecule has 1 amide bonds. The van der Waals surface area contributed by atoms with Crippen LogP contribution in [0.4, 0.5) is 0 Å². The first-order chi connectivity index (χ1) is 16.4. The number of phenols is 1. The highest BCUT2D eigenvalue weighted by Crippen LogP contribution is 2.41. The van der Waals surface area contributed by atoms with Crippen LogP contribution in [0.15, 0.2) is 69.9 Å². The fourth-order valence-corrected chi connectivity index (χ4v) is 4.54. The van der Waals surface area contributed by atoms with Gasteiger partial charge in [0, 0.05) is 11.6 Å². The van der Waals surface area contributed by atoms with E-state index in [1.807, 2.05) is 38.1 Å². The van der Waals surface area contributed by atoms with Crippen molar-refractivity contribution in [1.29, 1.82) is 0 Å². The minimum absolute atomic E-state index is 0.0161. The average Bonchev–Trinajstić information content (AvgIpc) is 3.09. The van der Waals surface area contributed by atoms with E-state index in [1.54, 1.807) is 35.2 Å². The molecule has 7 heteroatoms. The second kappa shape index (κ2) is 8.54. The Morgan fingerprint density at radius 2 is 1.82 bits per heavy atom. The number of carbonyl (C=O) groups is 1. The van der Waals surface area contributed by atoms with Crippen LogP contribution in [-0.2, 0) is 6.54 Å². The molecule has 172 valence electrons. The predicted molar refractivity (Wildman–Crippen MR) is 130 cm³/mol. The van der Waals surface area contributed by atoms with Gasteiger partial charge in [0.05, 0.1) is 23.6 Å². The van der Waals surface area contributed by atoms with E-state index in [0.29, 0.717) is 28.2 Å². The SMILES string of the molecule is CCOc1cc([C@H]2c3c(oc4ccc(Cl)cc4c3=O)C(=O)N2Cc2ccc(C)cc2)ccc1O. The van der Waals surface area contributed by atoms with Gasteiger partial charge in [-0.25, -0.2) is 0 Å². The molecule has 0 aliphatic carbocycles. The van der Waals surface area contributed by atoms with Crippen LogP contribution in [0.3, 0.4) is 0 Å². The summed E-state index contributed by atoms with van der Waals surface area (Å²) in [6, 6.07) is 16.8. The Kier molecular flexibility index (Phi) is 5.54. The third-order valence-corrected chi connectivity index (χ3v) is 6.24. The quantitative estimate of drug-likeness (QED) is 0.406. The minimum Gasteiger partial charge on any atom is -0.504 e. The van der Waals surface area contributed by atoms with Gasteiger partial charge in [0.25, 0.3) is 5.91 Å². The van der Waals surface area contributed by atoms with Crippen molar-refractivity contribution < 1.29 is 19.1 Å². The van der Waals surface area contributed by atoms with Crippen LogP contribution in [0.2, 0.25) is 5.02 Å². The topological polar surface area (TPSA) is 80.0 Å². The van der Waals surface area contributed by atoms with E-state index in [0.717, 1.165) is 11.1 Å². The van der Waals surface area contributed by atoms with Gasteiger partial charge in [0.2, 0.25) is 5.76 Å². The highest BCUT2D eigenvalue weighted by Gasteiger charge is 2.43. The van der Waals surface area contributed by atoms with E-state index in [9.17, 15) is 14.7 Å². The van der Waals surface area contributed by atoms with E-state index >= 15 is 0 Å². The van der Waals surface area contributed by atoms with E-state index < -0.39 is 6.04 Å². The monoisotopic (exact) mass is 475 g/mol. The van der Waals surface area contributed by atoms with Crippen LogP contribution in [0.25, 0.3) is 11.0 Å². The zero-order valence-corrected chi connectivity index (χ0v) is 19.4. The summed E-state index contributed by atoms with van der Waals surface area (Å²) in [7, 11) is 0. The molecule has 1 atom stereocenters. The fourth-order valence-electron chi connectivity index (χ4n) is 4.36. The van der Waals surface area contributed by atoms with Crippen molar-refractivity contribution in [2.75, 3.05) is 6.61 Å². The number of aromatic hydroxyl groups is 1. The largest absolute Gasteiger partial charge is 0.504 e. The van der Waals surface area contributed by atoms with Crippen LogP contribution in [-0.4, -0.2) is 22.5 Å². The molecule has 34 heavy (non-hydrogen) atoms. The van der Waals surface area contributed by atoms with Crippen molar-refractivity contribution in [2.45, 2.75) is 26.4 Å². The molecule has 1 aliphatic heterocycles.